The predicted molar refractivity (Wildman–Crippen MR) is 128 cm³/mol. The Morgan fingerprint density at radius 3 is 2.75 bits per heavy atom. The van der Waals surface area contributed by atoms with Gasteiger partial charge in [-0.3, -0.25) is 4.79 Å². The summed E-state index contributed by atoms with van der Waals surface area (Å²) in [6.45, 7) is 4.29. The second-order valence-electron chi connectivity index (χ2n) is 7.67. The zero-order chi connectivity index (χ0) is 22.4. The lowest BCUT2D eigenvalue weighted by Crippen LogP contribution is -2.19. The molecule has 1 amide bonds. The number of carbonyl (C=O) groups excluding carboxylic acids is 1. The lowest BCUT2D eigenvalue weighted by atomic mass is 10.0. The summed E-state index contributed by atoms with van der Waals surface area (Å²) in [5.74, 6) is 1.98. The Balaban J connectivity index is 1.74. The number of terminal acetylenes is 1. The maximum Gasteiger partial charge on any atom is 0.349 e. The van der Waals surface area contributed by atoms with Crippen LogP contribution in [0.1, 0.15) is 21.5 Å². The first-order valence-electron chi connectivity index (χ1n) is 10.0. The summed E-state index contributed by atoms with van der Waals surface area (Å²) in [6, 6.07) is 17.0. The molecule has 0 bridgehead atoms. The Morgan fingerprint density at radius 2 is 1.94 bits per heavy atom. The van der Waals surface area contributed by atoms with Crippen LogP contribution in [-0.2, 0) is 6.54 Å². The lowest BCUT2D eigenvalue weighted by molar-refractivity contribution is 0.0994. The molecule has 0 aliphatic carbocycles. The largest absolute Gasteiger partial charge is 0.422 e. The minimum absolute atomic E-state index is 0.105. The number of carbonyl (C=O) groups is 1. The Hall–Kier alpha value is -3.95. The molecular weight excluding hydrogens is 420 g/mol. The number of fused-ring (bicyclic) bond motifs is 4. The number of aryl methyl sites for hydroxylation is 2. The van der Waals surface area contributed by atoms with E-state index in [1.165, 1.54) is 11.3 Å². The van der Waals surface area contributed by atoms with Crippen molar-refractivity contribution in [2.24, 2.45) is 4.99 Å². The molecule has 5 rings (SSSR count). The van der Waals surface area contributed by atoms with Crippen molar-refractivity contribution < 1.29 is 9.21 Å². The molecule has 6 heteroatoms. The summed E-state index contributed by atoms with van der Waals surface area (Å²) in [5, 5.41) is 2.59. The maximum atomic E-state index is 13.1. The smallest absolute Gasteiger partial charge is 0.349 e. The third kappa shape index (κ3) is 3.24. The summed E-state index contributed by atoms with van der Waals surface area (Å²) >= 11 is 1.37. The van der Waals surface area contributed by atoms with Gasteiger partial charge >= 0.3 is 5.63 Å². The second kappa shape index (κ2) is 7.63. The monoisotopic (exact) mass is 438 g/mol. The third-order valence-electron chi connectivity index (χ3n) is 5.43. The van der Waals surface area contributed by atoms with Crippen molar-refractivity contribution in [1.82, 2.24) is 4.57 Å². The van der Waals surface area contributed by atoms with Gasteiger partial charge < -0.3 is 8.98 Å². The van der Waals surface area contributed by atoms with E-state index in [0.717, 1.165) is 32.1 Å². The average molecular weight is 439 g/mol. The van der Waals surface area contributed by atoms with Gasteiger partial charge in [0.05, 0.1) is 16.8 Å². The van der Waals surface area contributed by atoms with Crippen LogP contribution in [0.3, 0.4) is 0 Å². The van der Waals surface area contributed by atoms with Crippen molar-refractivity contribution in [2.45, 2.75) is 20.4 Å². The highest BCUT2D eigenvalue weighted by molar-refractivity contribution is 7.16. The van der Waals surface area contributed by atoms with E-state index >= 15 is 0 Å². The Labute approximate surface area is 187 Å². The molecule has 0 saturated carbocycles. The fraction of sp³-hybridized carbons (Fsp3) is 0.115. The van der Waals surface area contributed by atoms with Crippen LogP contribution in [0.2, 0.25) is 0 Å². The fourth-order valence-corrected chi connectivity index (χ4v) is 5.29. The molecule has 2 heterocycles. The number of thiazole rings is 1. The number of hydrogen-bond donors (Lipinski definition) is 0. The van der Waals surface area contributed by atoms with E-state index in [-0.39, 0.29) is 12.1 Å². The van der Waals surface area contributed by atoms with Crippen molar-refractivity contribution in [3.05, 3.63) is 86.5 Å². The quantitative estimate of drug-likeness (QED) is 0.222. The molecule has 0 fully saturated rings. The van der Waals surface area contributed by atoms with Crippen LogP contribution >= 0.6 is 11.3 Å². The van der Waals surface area contributed by atoms with Crippen LogP contribution in [0.4, 0.5) is 0 Å². The summed E-state index contributed by atoms with van der Waals surface area (Å²) in [4.78, 5) is 30.5. The molecule has 3 aromatic carbocycles. The van der Waals surface area contributed by atoms with Crippen LogP contribution in [0.15, 0.2) is 68.8 Å². The van der Waals surface area contributed by atoms with Crippen molar-refractivity contribution in [1.29, 1.82) is 0 Å². The molecule has 0 saturated heterocycles. The molecular formula is C26H18N2O3S. The minimum Gasteiger partial charge on any atom is -0.422 e. The average Bonchev–Trinajstić information content (AvgIpc) is 3.10. The van der Waals surface area contributed by atoms with Crippen LogP contribution in [0.5, 0.6) is 0 Å². The topological polar surface area (TPSA) is 64.6 Å². The molecule has 0 aliphatic rings. The number of rotatable bonds is 2. The highest BCUT2D eigenvalue weighted by Gasteiger charge is 2.16. The van der Waals surface area contributed by atoms with E-state index in [2.05, 4.69) is 17.0 Å². The zero-order valence-electron chi connectivity index (χ0n) is 17.5. The number of hydrogen-bond acceptors (Lipinski definition) is 4. The Morgan fingerprint density at radius 1 is 1.12 bits per heavy atom. The van der Waals surface area contributed by atoms with Crippen LogP contribution < -0.4 is 10.4 Å². The van der Waals surface area contributed by atoms with E-state index in [1.807, 2.05) is 54.8 Å². The Kier molecular flexibility index (Phi) is 4.76. The van der Waals surface area contributed by atoms with Gasteiger partial charge in [0, 0.05) is 5.39 Å². The van der Waals surface area contributed by atoms with E-state index < -0.39 is 11.5 Å². The molecule has 0 aliphatic heterocycles. The SMILES string of the molecule is C#CCn1c(=NC(=O)c2cc3c(ccc4ccccc43)oc2=O)sc2cc(C)cc(C)c21. The first-order valence-corrected chi connectivity index (χ1v) is 10.9. The molecule has 5 nitrogen and oxygen atoms in total. The summed E-state index contributed by atoms with van der Waals surface area (Å²) in [5.41, 5.74) is 2.73. The van der Waals surface area contributed by atoms with Crippen LogP contribution in [-0.4, -0.2) is 10.5 Å². The fourth-order valence-electron chi connectivity index (χ4n) is 4.08. The van der Waals surface area contributed by atoms with Gasteiger partial charge in [0.15, 0.2) is 4.80 Å². The molecule has 0 unspecified atom stereocenters. The number of aromatic nitrogens is 1. The van der Waals surface area contributed by atoms with Crippen molar-refractivity contribution in [2.75, 3.05) is 0 Å². The van der Waals surface area contributed by atoms with Crippen molar-refractivity contribution >= 4 is 49.2 Å². The zero-order valence-corrected chi connectivity index (χ0v) is 18.3. The number of benzene rings is 3. The van der Waals surface area contributed by atoms with Gasteiger partial charge in [0.2, 0.25) is 0 Å². The van der Waals surface area contributed by atoms with Gasteiger partial charge in [-0.2, -0.15) is 4.99 Å². The second-order valence-corrected chi connectivity index (χ2v) is 8.68. The van der Waals surface area contributed by atoms with Crippen LogP contribution in [0, 0.1) is 26.2 Å². The summed E-state index contributed by atoms with van der Waals surface area (Å²) in [7, 11) is 0. The van der Waals surface area contributed by atoms with E-state index in [0.29, 0.717) is 15.8 Å². The third-order valence-corrected chi connectivity index (χ3v) is 6.46. The molecule has 0 N–H and O–H groups in total. The van der Waals surface area contributed by atoms with Gasteiger partial charge in [-0.1, -0.05) is 53.7 Å². The number of amides is 1. The van der Waals surface area contributed by atoms with Crippen molar-refractivity contribution in [3.8, 4) is 12.3 Å². The molecule has 2 aromatic heterocycles. The van der Waals surface area contributed by atoms with Gasteiger partial charge in [0.1, 0.15) is 11.1 Å². The summed E-state index contributed by atoms with van der Waals surface area (Å²) in [6.07, 6.45) is 5.58. The van der Waals surface area contributed by atoms with Gasteiger partial charge in [-0.25, -0.2) is 4.79 Å². The van der Waals surface area contributed by atoms with Gasteiger partial charge in [-0.15, -0.1) is 6.42 Å². The molecule has 32 heavy (non-hydrogen) atoms. The number of nitrogens with zero attached hydrogens (tertiary/aromatic N) is 2. The van der Waals surface area contributed by atoms with Gasteiger partial charge in [-0.05, 0) is 53.9 Å². The van der Waals surface area contributed by atoms with Crippen molar-refractivity contribution in [3.63, 3.8) is 0 Å². The first-order chi connectivity index (χ1) is 15.5. The minimum atomic E-state index is -0.710. The summed E-state index contributed by atoms with van der Waals surface area (Å²) < 4.78 is 8.28. The maximum absolute atomic E-state index is 13.1. The lowest BCUT2D eigenvalue weighted by Gasteiger charge is -2.05. The van der Waals surface area contributed by atoms with E-state index in [1.54, 1.807) is 12.1 Å². The molecule has 5 aromatic rings. The predicted octanol–water partition coefficient (Wildman–Crippen LogP) is 4.95. The van der Waals surface area contributed by atoms with Crippen LogP contribution in [0.25, 0.3) is 32.0 Å². The highest BCUT2D eigenvalue weighted by Crippen LogP contribution is 2.26. The standard InChI is InChI=1S/C26H18N2O3S/c1-4-11-28-23-16(3)12-15(2)13-22(23)32-26(28)27-24(29)20-14-19-18-8-6-5-7-17(18)9-10-21(19)31-25(20)30/h1,5-10,12-14H,11H2,2-3H3. The molecule has 0 spiro atoms. The molecule has 0 radical (unpaired) electrons. The van der Waals surface area contributed by atoms with Gasteiger partial charge in [0.25, 0.3) is 5.91 Å². The molecule has 156 valence electrons. The van der Waals surface area contributed by atoms with E-state index in [4.69, 9.17) is 10.8 Å². The highest BCUT2D eigenvalue weighted by atomic mass is 32.1. The van der Waals surface area contributed by atoms with E-state index in [9.17, 15) is 9.59 Å². The Bertz CT molecular complexity index is 1730. The normalized spacial score (nSPS) is 12.0. The first kappa shape index (κ1) is 20.0. The molecule has 0 atom stereocenters.